The standard InChI is InChI=1S/C9H15NO2/c1-3-8-5-4-7(2)6-10(8)9(11)12/h3,7-8H,1,4-6H2,2H3,(H,11,12)/t7-,8+/m0/s1. The first-order chi connectivity index (χ1) is 5.65. The monoisotopic (exact) mass is 169 g/mol. The molecule has 1 fully saturated rings. The van der Waals surface area contributed by atoms with Gasteiger partial charge in [-0.3, -0.25) is 0 Å². The van der Waals surface area contributed by atoms with Gasteiger partial charge in [0.25, 0.3) is 0 Å². The van der Waals surface area contributed by atoms with Gasteiger partial charge in [0.2, 0.25) is 0 Å². The molecular weight excluding hydrogens is 154 g/mol. The Hall–Kier alpha value is -0.990. The lowest BCUT2D eigenvalue weighted by atomic mass is 9.95. The maximum Gasteiger partial charge on any atom is 0.407 e. The Kier molecular flexibility index (Phi) is 2.74. The molecule has 0 bridgehead atoms. The van der Waals surface area contributed by atoms with Gasteiger partial charge in [-0.25, -0.2) is 4.79 Å². The van der Waals surface area contributed by atoms with Crippen molar-refractivity contribution in [3.05, 3.63) is 12.7 Å². The van der Waals surface area contributed by atoms with Crippen LogP contribution in [0.4, 0.5) is 4.79 Å². The Bertz CT molecular complexity index is 191. The minimum Gasteiger partial charge on any atom is -0.465 e. The highest BCUT2D eigenvalue weighted by atomic mass is 16.4. The van der Waals surface area contributed by atoms with Gasteiger partial charge in [-0.05, 0) is 18.8 Å². The average Bonchev–Trinajstić information content (AvgIpc) is 2.04. The second-order valence-electron chi connectivity index (χ2n) is 3.42. The predicted octanol–water partition coefficient (Wildman–Crippen LogP) is 1.95. The van der Waals surface area contributed by atoms with Crippen LogP contribution in [0.3, 0.4) is 0 Å². The summed E-state index contributed by atoms with van der Waals surface area (Å²) < 4.78 is 0. The van der Waals surface area contributed by atoms with Crippen molar-refractivity contribution in [3.63, 3.8) is 0 Å². The van der Waals surface area contributed by atoms with E-state index in [9.17, 15) is 4.79 Å². The second-order valence-corrected chi connectivity index (χ2v) is 3.42. The third-order valence-corrected chi connectivity index (χ3v) is 2.38. The summed E-state index contributed by atoms with van der Waals surface area (Å²) in [5.74, 6) is 0.484. The number of hydrogen-bond acceptors (Lipinski definition) is 1. The van der Waals surface area contributed by atoms with E-state index in [1.165, 1.54) is 4.90 Å². The van der Waals surface area contributed by atoms with Crippen LogP contribution in [-0.2, 0) is 0 Å². The highest BCUT2D eigenvalue weighted by Crippen LogP contribution is 2.21. The van der Waals surface area contributed by atoms with Crippen LogP contribution in [0.2, 0.25) is 0 Å². The first kappa shape index (κ1) is 9.10. The fourth-order valence-electron chi connectivity index (χ4n) is 1.64. The topological polar surface area (TPSA) is 40.5 Å². The van der Waals surface area contributed by atoms with Crippen LogP contribution >= 0.6 is 0 Å². The van der Waals surface area contributed by atoms with Gasteiger partial charge in [-0.1, -0.05) is 13.0 Å². The van der Waals surface area contributed by atoms with Crippen LogP contribution in [0.5, 0.6) is 0 Å². The molecule has 0 aliphatic carbocycles. The van der Waals surface area contributed by atoms with Crippen LogP contribution in [0.1, 0.15) is 19.8 Å². The summed E-state index contributed by atoms with van der Waals surface area (Å²) in [6, 6.07) is 0.0266. The van der Waals surface area contributed by atoms with Crippen molar-refractivity contribution in [2.45, 2.75) is 25.8 Å². The normalized spacial score (nSPS) is 29.9. The molecule has 0 radical (unpaired) electrons. The van der Waals surface area contributed by atoms with Gasteiger partial charge in [-0.15, -0.1) is 6.58 Å². The van der Waals surface area contributed by atoms with Crippen LogP contribution in [0.25, 0.3) is 0 Å². The van der Waals surface area contributed by atoms with Crippen LogP contribution in [0.15, 0.2) is 12.7 Å². The Balaban J connectivity index is 2.63. The fraction of sp³-hybridized carbons (Fsp3) is 0.667. The molecule has 1 rings (SSSR count). The lowest BCUT2D eigenvalue weighted by Crippen LogP contribution is -2.44. The lowest BCUT2D eigenvalue weighted by molar-refractivity contribution is 0.105. The molecule has 0 aromatic carbocycles. The number of piperidine rings is 1. The van der Waals surface area contributed by atoms with E-state index < -0.39 is 6.09 Å². The van der Waals surface area contributed by atoms with E-state index in [1.807, 2.05) is 0 Å². The second kappa shape index (κ2) is 3.61. The Morgan fingerprint density at radius 1 is 1.67 bits per heavy atom. The van der Waals surface area contributed by atoms with Gasteiger partial charge < -0.3 is 10.0 Å². The molecule has 1 N–H and O–H groups in total. The maximum absolute atomic E-state index is 10.7. The van der Waals surface area contributed by atoms with Gasteiger partial charge in [0, 0.05) is 6.54 Å². The Morgan fingerprint density at radius 3 is 2.83 bits per heavy atom. The molecule has 1 aliphatic rings. The molecule has 1 heterocycles. The first-order valence-electron chi connectivity index (χ1n) is 4.27. The molecule has 0 saturated carbocycles. The van der Waals surface area contributed by atoms with E-state index in [-0.39, 0.29) is 6.04 Å². The first-order valence-corrected chi connectivity index (χ1v) is 4.27. The van der Waals surface area contributed by atoms with Crippen LogP contribution in [0, 0.1) is 5.92 Å². The summed E-state index contributed by atoms with van der Waals surface area (Å²) in [4.78, 5) is 12.2. The molecule has 3 nitrogen and oxygen atoms in total. The summed E-state index contributed by atoms with van der Waals surface area (Å²) in [7, 11) is 0. The Morgan fingerprint density at radius 2 is 2.33 bits per heavy atom. The van der Waals surface area contributed by atoms with Crippen molar-refractivity contribution in [3.8, 4) is 0 Å². The molecule has 0 aromatic rings. The number of amides is 1. The highest BCUT2D eigenvalue weighted by molar-refractivity contribution is 5.65. The summed E-state index contributed by atoms with van der Waals surface area (Å²) in [6.07, 6.45) is 2.91. The molecule has 3 heteroatoms. The van der Waals surface area contributed by atoms with E-state index in [1.54, 1.807) is 6.08 Å². The maximum atomic E-state index is 10.7. The minimum absolute atomic E-state index is 0.0266. The molecule has 12 heavy (non-hydrogen) atoms. The SMILES string of the molecule is C=C[C@@H]1CC[C@H](C)CN1C(=O)O. The fourth-order valence-corrected chi connectivity index (χ4v) is 1.64. The van der Waals surface area contributed by atoms with Gasteiger partial charge in [-0.2, -0.15) is 0 Å². The Labute approximate surface area is 72.7 Å². The zero-order valence-electron chi connectivity index (χ0n) is 7.36. The number of hydrogen-bond donors (Lipinski definition) is 1. The molecule has 0 unspecified atom stereocenters. The van der Waals surface area contributed by atoms with Gasteiger partial charge in [0.15, 0.2) is 0 Å². The smallest absolute Gasteiger partial charge is 0.407 e. The van der Waals surface area contributed by atoms with E-state index >= 15 is 0 Å². The van der Waals surface area contributed by atoms with Crippen molar-refractivity contribution in [1.29, 1.82) is 0 Å². The van der Waals surface area contributed by atoms with Crippen molar-refractivity contribution in [2.75, 3.05) is 6.54 Å². The molecular formula is C9H15NO2. The van der Waals surface area contributed by atoms with Crippen LogP contribution in [-0.4, -0.2) is 28.7 Å². The molecule has 2 atom stereocenters. The van der Waals surface area contributed by atoms with Gasteiger partial charge in [0.05, 0.1) is 6.04 Å². The summed E-state index contributed by atoms with van der Waals surface area (Å²) in [6.45, 7) is 6.36. The van der Waals surface area contributed by atoms with Crippen molar-refractivity contribution >= 4 is 6.09 Å². The van der Waals surface area contributed by atoms with E-state index in [0.29, 0.717) is 12.5 Å². The molecule has 68 valence electrons. The van der Waals surface area contributed by atoms with E-state index in [2.05, 4.69) is 13.5 Å². The summed E-state index contributed by atoms with van der Waals surface area (Å²) in [5, 5.41) is 8.84. The number of likely N-dealkylation sites (tertiary alicyclic amines) is 1. The number of rotatable bonds is 1. The molecule has 0 spiro atoms. The van der Waals surface area contributed by atoms with Crippen molar-refractivity contribution in [2.24, 2.45) is 5.92 Å². The quantitative estimate of drug-likeness (QED) is 0.609. The van der Waals surface area contributed by atoms with E-state index in [4.69, 9.17) is 5.11 Å². The predicted molar refractivity (Wildman–Crippen MR) is 47.1 cm³/mol. The number of carbonyl (C=O) groups is 1. The van der Waals surface area contributed by atoms with Crippen molar-refractivity contribution < 1.29 is 9.90 Å². The third-order valence-electron chi connectivity index (χ3n) is 2.38. The van der Waals surface area contributed by atoms with Gasteiger partial charge >= 0.3 is 6.09 Å². The average molecular weight is 169 g/mol. The number of carboxylic acid groups (broad SMARTS) is 1. The van der Waals surface area contributed by atoms with Crippen LogP contribution < -0.4 is 0 Å². The zero-order chi connectivity index (χ0) is 9.14. The minimum atomic E-state index is -0.827. The molecule has 1 saturated heterocycles. The summed E-state index contributed by atoms with van der Waals surface area (Å²) >= 11 is 0. The van der Waals surface area contributed by atoms with Gasteiger partial charge in [0.1, 0.15) is 0 Å². The number of nitrogens with zero attached hydrogens (tertiary/aromatic N) is 1. The zero-order valence-corrected chi connectivity index (χ0v) is 7.36. The molecule has 1 aliphatic heterocycles. The lowest BCUT2D eigenvalue weighted by Gasteiger charge is -2.34. The molecule has 1 amide bonds. The molecule has 0 aromatic heterocycles. The highest BCUT2D eigenvalue weighted by Gasteiger charge is 2.27. The van der Waals surface area contributed by atoms with E-state index in [0.717, 1.165) is 12.8 Å². The summed E-state index contributed by atoms with van der Waals surface area (Å²) in [5.41, 5.74) is 0. The largest absolute Gasteiger partial charge is 0.465 e. The van der Waals surface area contributed by atoms with Crippen molar-refractivity contribution in [1.82, 2.24) is 4.90 Å². The third kappa shape index (κ3) is 1.78.